The first-order chi connectivity index (χ1) is 8.29. The van der Waals surface area contributed by atoms with Gasteiger partial charge in [0.1, 0.15) is 0 Å². The van der Waals surface area contributed by atoms with Gasteiger partial charge in [0.15, 0.2) is 0 Å². The molecule has 2 rings (SSSR count). The second-order valence-electron chi connectivity index (χ2n) is 7.62. The summed E-state index contributed by atoms with van der Waals surface area (Å²) in [5, 5.41) is 0. The van der Waals surface area contributed by atoms with E-state index in [9.17, 15) is 0 Å². The lowest BCUT2D eigenvalue weighted by Gasteiger charge is -2.57. The summed E-state index contributed by atoms with van der Waals surface area (Å²) in [6, 6.07) is 0. The van der Waals surface area contributed by atoms with Crippen LogP contribution in [0, 0.1) is 53.3 Å². The molecule has 0 saturated heterocycles. The maximum Gasteiger partial charge on any atom is -0.0141 e. The lowest BCUT2D eigenvalue weighted by molar-refractivity contribution is -0.0432. The highest BCUT2D eigenvalue weighted by Gasteiger charge is 2.51. The topological polar surface area (TPSA) is 0 Å². The summed E-state index contributed by atoms with van der Waals surface area (Å²) in [5.41, 5.74) is 1.56. The Labute approximate surface area is 114 Å². The van der Waals surface area contributed by atoms with E-state index >= 15 is 0 Å². The van der Waals surface area contributed by atoms with Crippen molar-refractivity contribution in [2.45, 2.75) is 48.5 Å². The first-order valence-corrected chi connectivity index (χ1v) is 7.97. The maximum atomic E-state index is 4.51. The van der Waals surface area contributed by atoms with Crippen LogP contribution in [0.25, 0.3) is 0 Å². The minimum absolute atomic E-state index is 0.705. The first kappa shape index (κ1) is 14.2. The quantitative estimate of drug-likeness (QED) is 0.513. The van der Waals surface area contributed by atoms with Gasteiger partial charge in [0.05, 0.1) is 0 Å². The van der Waals surface area contributed by atoms with Crippen LogP contribution in [0.3, 0.4) is 0 Å². The van der Waals surface area contributed by atoms with Crippen molar-refractivity contribution in [3.8, 4) is 0 Å². The van der Waals surface area contributed by atoms with E-state index in [1.165, 1.54) is 0 Å². The van der Waals surface area contributed by atoms with Gasteiger partial charge in [0, 0.05) is 0 Å². The van der Waals surface area contributed by atoms with Crippen LogP contribution in [0.5, 0.6) is 0 Å². The van der Waals surface area contributed by atoms with Crippen LogP contribution in [0.4, 0.5) is 0 Å². The summed E-state index contributed by atoms with van der Waals surface area (Å²) < 4.78 is 0. The summed E-state index contributed by atoms with van der Waals surface area (Å²) in [7, 11) is 0. The zero-order valence-electron chi connectivity index (χ0n) is 13.4. The number of hydrogen-bond acceptors (Lipinski definition) is 0. The number of fused-ring (bicyclic) bond motifs is 1. The lowest BCUT2D eigenvalue weighted by atomic mass is 9.48. The molecule has 0 aromatic carbocycles. The van der Waals surface area contributed by atoms with Gasteiger partial charge in [0.25, 0.3) is 0 Å². The molecular weight excluding hydrogens is 216 g/mol. The molecule has 2 aliphatic carbocycles. The van der Waals surface area contributed by atoms with Crippen molar-refractivity contribution in [3.05, 3.63) is 12.2 Å². The average Bonchev–Trinajstić information content (AvgIpc) is 2.35. The van der Waals surface area contributed by atoms with Crippen molar-refractivity contribution in [2.24, 2.45) is 53.3 Å². The second-order valence-corrected chi connectivity index (χ2v) is 7.62. The van der Waals surface area contributed by atoms with Crippen LogP contribution >= 0.6 is 0 Å². The predicted molar refractivity (Wildman–Crippen MR) is 80.3 cm³/mol. The van der Waals surface area contributed by atoms with Crippen molar-refractivity contribution < 1.29 is 0 Å². The summed E-state index contributed by atoms with van der Waals surface area (Å²) in [6.45, 7) is 21.8. The minimum Gasteiger partial charge on any atom is -0.0993 e. The third kappa shape index (κ3) is 1.79. The molecule has 2 fully saturated rings. The summed E-state index contributed by atoms with van der Waals surface area (Å²) in [5.74, 6) is 7.35. The molecule has 0 nitrogen and oxygen atoms in total. The van der Waals surface area contributed by atoms with Crippen molar-refractivity contribution in [1.82, 2.24) is 0 Å². The predicted octanol–water partition coefficient (Wildman–Crippen LogP) is 5.25. The van der Waals surface area contributed by atoms with Gasteiger partial charge in [-0.2, -0.15) is 0 Å². The van der Waals surface area contributed by atoms with E-state index in [4.69, 9.17) is 0 Å². The van der Waals surface area contributed by atoms with Crippen molar-refractivity contribution in [1.29, 1.82) is 0 Å². The Balaban J connectivity index is 2.39. The van der Waals surface area contributed by atoms with Crippen molar-refractivity contribution in [2.75, 3.05) is 0 Å². The van der Waals surface area contributed by atoms with Crippen LogP contribution < -0.4 is 0 Å². The Morgan fingerprint density at radius 2 is 1.06 bits per heavy atom. The highest BCUT2D eigenvalue weighted by molar-refractivity contribution is 5.17. The monoisotopic (exact) mass is 248 g/mol. The van der Waals surface area contributed by atoms with Crippen molar-refractivity contribution >= 4 is 0 Å². The van der Waals surface area contributed by atoms with Crippen LogP contribution in [-0.2, 0) is 0 Å². The molecule has 18 heavy (non-hydrogen) atoms. The molecule has 9 unspecified atom stereocenters. The van der Waals surface area contributed by atoms with E-state index in [0.29, 0.717) is 5.92 Å². The summed E-state index contributed by atoms with van der Waals surface area (Å²) in [6.07, 6.45) is 0. The van der Waals surface area contributed by atoms with E-state index in [0.717, 1.165) is 47.3 Å². The molecule has 0 N–H and O–H groups in total. The standard InChI is InChI=1S/C18H32/c1-9-10(2)14(6)18-16(8)12(4)11(3)15(7)17(18)13(9)5/h9-12,14-18H,5H2,1-4,6-8H3. The van der Waals surface area contributed by atoms with Gasteiger partial charge >= 0.3 is 0 Å². The highest BCUT2D eigenvalue weighted by Crippen LogP contribution is 2.57. The largest absolute Gasteiger partial charge is 0.0993 e. The maximum absolute atomic E-state index is 4.51. The SMILES string of the molecule is C=C1C(C)C(C)C(C)C2C(C)C(C)C(C)C(C)C12. The zero-order valence-corrected chi connectivity index (χ0v) is 13.4. The molecule has 0 aromatic rings. The van der Waals surface area contributed by atoms with Gasteiger partial charge in [-0.15, -0.1) is 0 Å². The number of rotatable bonds is 0. The van der Waals surface area contributed by atoms with Gasteiger partial charge in [0.2, 0.25) is 0 Å². The van der Waals surface area contributed by atoms with E-state index in [1.54, 1.807) is 5.57 Å². The Morgan fingerprint density at radius 3 is 1.61 bits per heavy atom. The second kappa shape index (κ2) is 4.69. The molecule has 104 valence electrons. The normalized spacial score (nSPS) is 57.3. The van der Waals surface area contributed by atoms with E-state index < -0.39 is 0 Å². The van der Waals surface area contributed by atoms with E-state index in [2.05, 4.69) is 55.0 Å². The Hall–Kier alpha value is -0.260. The minimum atomic E-state index is 0.705. The molecule has 0 aromatic heterocycles. The molecular formula is C18H32. The Bertz CT molecular complexity index is 325. The highest BCUT2D eigenvalue weighted by atomic mass is 14.6. The summed E-state index contributed by atoms with van der Waals surface area (Å²) >= 11 is 0. The van der Waals surface area contributed by atoms with Crippen LogP contribution in [0.15, 0.2) is 12.2 Å². The smallest absolute Gasteiger partial charge is 0.0141 e. The molecule has 0 spiro atoms. The van der Waals surface area contributed by atoms with Crippen molar-refractivity contribution in [3.63, 3.8) is 0 Å². The van der Waals surface area contributed by atoms with Gasteiger partial charge in [-0.05, 0) is 53.3 Å². The fourth-order valence-corrected chi connectivity index (χ4v) is 5.15. The molecule has 2 aliphatic rings. The number of allylic oxidation sites excluding steroid dienone is 1. The van der Waals surface area contributed by atoms with Gasteiger partial charge in [-0.1, -0.05) is 60.6 Å². The van der Waals surface area contributed by atoms with Crippen LogP contribution in [0.1, 0.15) is 48.5 Å². The zero-order chi connectivity index (χ0) is 13.8. The Kier molecular flexibility index (Phi) is 3.69. The lowest BCUT2D eigenvalue weighted by Crippen LogP contribution is -2.51. The van der Waals surface area contributed by atoms with Crippen LogP contribution in [0.2, 0.25) is 0 Å². The molecule has 0 aliphatic heterocycles. The van der Waals surface area contributed by atoms with E-state index in [1.807, 2.05) is 0 Å². The molecule has 2 saturated carbocycles. The number of hydrogen-bond donors (Lipinski definition) is 0. The summed E-state index contributed by atoms with van der Waals surface area (Å²) in [4.78, 5) is 0. The average molecular weight is 248 g/mol. The molecule has 0 bridgehead atoms. The van der Waals surface area contributed by atoms with Gasteiger partial charge in [-0.3, -0.25) is 0 Å². The van der Waals surface area contributed by atoms with Crippen LogP contribution in [-0.4, -0.2) is 0 Å². The fourth-order valence-electron chi connectivity index (χ4n) is 5.15. The first-order valence-electron chi connectivity index (χ1n) is 7.97. The fraction of sp³-hybridized carbons (Fsp3) is 0.889. The van der Waals surface area contributed by atoms with E-state index in [-0.39, 0.29) is 0 Å². The third-order valence-electron chi connectivity index (χ3n) is 7.31. The molecule has 0 amide bonds. The van der Waals surface area contributed by atoms with Gasteiger partial charge in [-0.25, -0.2) is 0 Å². The van der Waals surface area contributed by atoms with Gasteiger partial charge < -0.3 is 0 Å². The molecule has 9 atom stereocenters. The molecule has 0 heteroatoms. The third-order valence-corrected chi connectivity index (χ3v) is 7.31. The molecule has 0 heterocycles. The Morgan fingerprint density at radius 1 is 0.611 bits per heavy atom. The molecule has 0 radical (unpaired) electrons.